The quantitative estimate of drug-likeness (QED) is 0.673. The lowest BCUT2D eigenvalue weighted by Gasteiger charge is -2.15. The van der Waals surface area contributed by atoms with E-state index in [2.05, 4.69) is 9.97 Å². The molecule has 1 aromatic heterocycles. The molecule has 122 valence electrons. The lowest BCUT2D eigenvalue weighted by Crippen LogP contribution is -2.08. The number of hydrogen-bond donors (Lipinski definition) is 0. The fourth-order valence-electron chi connectivity index (χ4n) is 2.48. The van der Waals surface area contributed by atoms with Gasteiger partial charge in [0.15, 0.2) is 0 Å². The summed E-state index contributed by atoms with van der Waals surface area (Å²) in [4.78, 5) is 20.6. The highest BCUT2D eigenvalue weighted by Crippen LogP contribution is 2.38. The SMILES string of the molecule is COC(=O)c1c(OC)c(-c2cccc(F)c2)cc2ncc(Cl)nc12. The first kappa shape index (κ1) is 16.1. The molecule has 0 N–H and O–H groups in total. The molecule has 3 rings (SSSR count). The molecule has 2 aromatic carbocycles. The van der Waals surface area contributed by atoms with Crippen molar-refractivity contribution in [3.63, 3.8) is 0 Å². The van der Waals surface area contributed by atoms with E-state index < -0.39 is 11.8 Å². The van der Waals surface area contributed by atoms with Gasteiger partial charge < -0.3 is 9.47 Å². The molecule has 7 heteroatoms. The molecular formula is C17H12ClFN2O3. The second kappa shape index (κ2) is 6.41. The number of carbonyl (C=O) groups is 1. The normalized spacial score (nSPS) is 10.7. The zero-order valence-electron chi connectivity index (χ0n) is 12.8. The Balaban J connectivity index is 2.42. The molecule has 3 aromatic rings. The summed E-state index contributed by atoms with van der Waals surface area (Å²) >= 11 is 5.90. The van der Waals surface area contributed by atoms with Crippen LogP contribution in [0.3, 0.4) is 0 Å². The van der Waals surface area contributed by atoms with E-state index >= 15 is 0 Å². The summed E-state index contributed by atoms with van der Waals surface area (Å²) in [5, 5.41) is 0.133. The topological polar surface area (TPSA) is 61.3 Å². The molecule has 0 atom stereocenters. The van der Waals surface area contributed by atoms with Crippen LogP contribution < -0.4 is 4.74 Å². The van der Waals surface area contributed by atoms with Gasteiger partial charge in [0.25, 0.3) is 0 Å². The number of ether oxygens (including phenoxy) is 2. The molecule has 0 fully saturated rings. The maximum atomic E-state index is 13.6. The zero-order chi connectivity index (χ0) is 17.3. The van der Waals surface area contributed by atoms with Crippen molar-refractivity contribution in [3.8, 4) is 16.9 Å². The zero-order valence-corrected chi connectivity index (χ0v) is 13.6. The summed E-state index contributed by atoms with van der Waals surface area (Å²) in [6.45, 7) is 0. The van der Waals surface area contributed by atoms with Gasteiger partial charge in [-0.2, -0.15) is 0 Å². The van der Waals surface area contributed by atoms with Crippen LogP contribution in [0.15, 0.2) is 36.5 Å². The predicted octanol–water partition coefficient (Wildman–Crippen LogP) is 3.88. The molecule has 24 heavy (non-hydrogen) atoms. The minimum Gasteiger partial charge on any atom is -0.495 e. The number of fused-ring (bicyclic) bond motifs is 1. The van der Waals surface area contributed by atoms with Gasteiger partial charge in [0.05, 0.1) is 25.9 Å². The molecule has 0 aliphatic rings. The van der Waals surface area contributed by atoms with E-state index in [1.807, 2.05) is 0 Å². The summed E-state index contributed by atoms with van der Waals surface area (Å²) in [5.74, 6) is -0.834. The molecule has 0 amide bonds. The van der Waals surface area contributed by atoms with E-state index in [1.54, 1.807) is 18.2 Å². The Morgan fingerprint density at radius 3 is 2.71 bits per heavy atom. The van der Waals surface area contributed by atoms with Crippen LogP contribution >= 0.6 is 11.6 Å². The number of rotatable bonds is 3. The lowest BCUT2D eigenvalue weighted by molar-refractivity contribution is 0.0599. The molecule has 5 nitrogen and oxygen atoms in total. The Kier molecular flexibility index (Phi) is 4.31. The van der Waals surface area contributed by atoms with Crippen molar-refractivity contribution < 1.29 is 18.7 Å². The average Bonchev–Trinajstić information content (AvgIpc) is 2.59. The number of carbonyl (C=O) groups excluding carboxylic acids is 1. The Bertz CT molecular complexity index is 947. The van der Waals surface area contributed by atoms with E-state index in [4.69, 9.17) is 21.1 Å². The summed E-state index contributed by atoms with van der Waals surface area (Å²) in [5.41, 5.74) is 1.80. The van der Waals surface area contributed by atoms with Crippen molar-refractivity contribution in [1.29, 1.82) is 0 Å². The molecule has 0 spiro atoms. The molecule has 0 aliphatic heterocycles. The number of hydrogen-bond acceptors (Lipinski definition) is 5. The van der Waals surface area contributed by atoms with Gasteiger partial charge in [-0.15, -0.1) is 0 Å². The van der Waals surface area contributed by atoms with Gasteiger partial charge in [0, 0.05) is 5.56 Å². The van der Waals surface area contributed by atoms with Crippen molar-refractivity contribution >= 4 is 28.6 Å². The smallest absolute Gasteiger partial charge is 0.343 e. The molecule has 0 saturated heterocycles. The fourth-order valence-corrected chi connectivity index (χ4v) is 2.62. The van der Waals surface area contributed by atoms with Gasteiger partial charge in [-0.1, -0.05) is 23.7 Å². The third-order valence-electron chi connectivity index (χ3n) is 3.49. The number of halogens is 2. The first-order valence-corrected chi connectivity index (χ1v) is 7.30. The van der Waals surface area contributed by atoms with Crippen molar-refractivity contribution in [2.24, 2.45) is 0 Å². The molecule has 0 saturated carbocycles. The van der Waals surface area contributed by atoms with E-state index in [9.17, 15) is 9.18 Å². The largest absolute Gasteiger partial charge is 0.495 e. The van der Waals surface area contributed by atoms with E-state index in [0.29, 0.717) is 16.6 Å². The fraction of sp³-hybridized carbons (Fsp3) is 0.118. The van der Waals surface area contributed by atoms with Gasteiger partial charge in [-0.3, -0.25) is 4.98 Å². The van der Waals surface area contributed by atoms with E-state index in [-0.39, 0.29) is 22.0 Å². The van der Waals surface area contributed by atoms with Gasteiger partial charge in [-0.25, -0.2) is 14.2 Å². The van der Waals surface area contributed by atoms with E-state index in [1.165, 1.54) is 32.5 Å². The molecule has 0 radical (unpaired) electrons. The first-order chi connectivity index (χ1) is 11.5. The molecule has 1 heterocycles. The minimum atomic E-state index is -0.647. The highest BCUT2D eigenvalue weighted by atomic mass is 35.5. The Morgan fingerprint density at radius 2 is 2.04 bits per heavy atom. The van der Waals surface area contributed by atoms with Crippen LogP contribution in [0.25, 0.3) is 22.2 Å². The lowest BCUT2D eigenvalue weighted by atomic mass is 9.99. The molecular weight excluding hydrogens is 335 g/mol. The number of methoxy groups -OCH3 is 2. The van der Waals surface area contributed by atoms with Gasteiger partial charge in [0.1, 0.15) is 27.8 Å². The van der Waals surface area contributed by atoms with Crippen LogP contribution in [0, 0.1) is 5.82 Å². The van der Waals surface area contributed by atoms with Crippen molar-refractivity contribution in [1.82, 2.24) is 9.97 Å². The summed E-state index contributed by atoms with van der Waals surface area (Å²) in [6.07, 6.45) is 1.37. The van der Waals surface area contributed by atoms with Gasteiger partial charge in [-0.05, 0) is 23.8 Å². The highest BCUT2D eigenvalue weighted by molar-refractivity contribution is 6.29. The van der Waals surface area contributed by atoms with Crippen LogP contribution in [0.2, 0.25) is 5.15 Å². The van der Waals surface area contributed by atoms with Crippen LogP contribution in [-0.2, 0) is 4.74 Å². The van der Waals surface area contributed by atoms with Gasteiger partial charge in [0.2, 0.25) is 0 Å². The van der Waals surface area contributed by atoms with E-state index in [0.717, 1.165) is 0 Å². The maximum Gasteiger partial charge on any atom is 0.343 e. The number of aromatic nitrogens is 2. The second-order valence-corrected chi connectivity index (χ2v) is 5.28. The highest BCUT2D eigenvalue weighted by Gasteiger charge is 2.24. The number of benzene rings is 2. The minimum absolute atomic E-state index is 0.0896. The van der Waals surface area contributed by atoms with Crippen LogP contribution in [0.1, 0.15) is 10.4 Å². The monoisotopic (exact) mass is 346 g/mol. The predicted molar refractivity (Wildman–Crippen MR) is 87.8 cm³/mol. The van der Waals surface area contributed by atoms with Crippen molar-refractivity contribution in [3.05, 3.63) is 53.1 Å². The average molecular weight is 347 g/mol. The third-order valence-corrected chi connectivity index (χ3v) is 3.67. The number of nitrogens with zero attached hydrogens (tertiary/aromatic N) is 2. The standard InChI is InChI=1S/C17H12ClFN2O3/c1-23-16-11(9-4-3-5-10(19)6-9)7-12-15(14(16)17(22)24-2)21-13(18)8-20-12/h3-8H,1-2H3. The summed E-state index contributed by atoms with van der Waals surface area (Å²) < 4.78 is 23.8. The second-order valence-electron chi connectivity index (χ2n) is 4.89. The number of esters is 1. The summed E-state index contributed by atoms with van der Waals surface area (Å²) in [6, 6.07) is 7.61. The molecule has 0 bridgehead atoms. The Hall–Kier alpha value is -2.73. The maximum absolute atomic E-state index is 13.6. The molecule has 0 aliphatic carbocycles. The Morgan fingerprint density at radius 1 is 1.25 bits per heavy atom. The first-order valence-electron chi connectivity index (χ1n) is 6.92. The van der Waals surface area contributed by atoms with Crippen LogP contribution in [-0.4, -0.2) is 30.2 Å². The van der Waals surface area contributed by atoms with Gasteiger partial charge >= 0.3 is 5.97 Å². The van der Waals surface area contributed by atoms with Crippen molar-refractivity contribution in [2.45, 2.75) is 0 Å². The Labute approximate surface area is 142 Å². The van der Waals surface area contributed by atoms with Crippen LogP contribution in [0.4, 0.5) is 4.39 Å². The van der Waals surface area contributed by atoms with Crippen molar-refractivity contribution in [2.75, 3.05) is 14.2 Å². The summed E-state index contributed by atoms with van der Waals surface area (Å²) in [7, 11) is 2.66. The molecule has 0 unspecified atom stereocenters. The van der Waals surface area contributed by atoms with Crippen LogP contribution in [0.5, 0.6) is 5.75 Å². The third kappa shape index (κ3) is 2.76.